The van der Waals surface area contributed by atoms with Crippen LogP contribution in [0, 0.1) is 23.3 Å². The molecule has 1 unspecified atom stereocenters. The standard InChI is InChI=1S/C23H18ClF4N3O6/c1-2-3-17(33)30-23(22(35)36,31-10-29-16-5-4-11(24)6-13(16)21(31)34)8-12(32)9-37-20-18(27)14(25)7-15(26)19(20)28/h4-7,10H,2-3,8-9H2,1H3,(H,30,33)(H,35,36). The van der Waals surface area contributed by atoms with E-state index >= 15 is 0 Å². The number of aromatic nitrogens is 2. The van der Waals surface area contributed by atoms with Gasteiger partial charge in [0.25, 0.3) is 5.56 Å². The van der Waals surface area contributed by atoms with Crippen molar-refractivity contribution in [2.75, 3.05) is 6.61 Å². The molecule has 3 rings (SSSR count). The van der Waals surface area contributed by atoms with Crippen LogP contribution in [0.3, 0.4) is 0 Å². The summed E-state index contributed by atoms with van der Waals surface area (Å²) in [5, 5.41) is 12.2. The van der Waals surface area contributed by atoms with Crippen molar-refractivity contribution in [2.24, 2.45) is 0 Å². The summed E-state index contributed by atoms with van der Waals surface area (Å²) in [5.74, 6) is -12.9. The van der Waals surface area contributed by atoms with Crippen LogP contribution in [0.15, 0.2) is 35.4 Å². The number of carboxylic acid groups (broad SMARTS) is 1. The maximum atomic E-state index is 13.9. The smallest absolute Gasteiger partial charge is 0.351 e. The quantitative estimate of drug-likeness (QED) is 0.297. The topological polar surface area (TPSA) is 128 Å². The average molecular weight is 544 g/mol. The molecular formula is C23H18ClF4N3O6. The molecule has 0 fully saturated rings. The van der Waals surface area contributed by atoms with Crippen LogP contribution in [-0.4, -0.2) is 38.9 Å². The molecule has 3 aromatic rings. The summed E-state index contributed by atoms with van der Waals surface area (Å²) in [6.45, 7) is 0.352. The first-order valence-electron chi connectivity index (χ1n) is 10.6. The number of nitrogens with zero attached hydrogens (tertiary/aromatic N) is 2. The number of halogens is 5. The fourth-order valence-corrected chi connectivity index (χ4v) is 3.65. The third-order valence-electron chi connectivity index (χ3n) is 5.21. The second-order valence-corrected chi connectivity index (χ2v) is 8.28. The van der Waals surface area contributed by atoms with Crippen molar-refractivity contribution >= 4 is 40.2 Å². The lowest BCUT2D eigenvalue weighted by atomic mass is 10.0. The highest BCUT2D eigenvalue weighted by atomic mass is 35.5. The summed E-state index contributed by atoms with van der Waals surface area (Å²) in [5.41, 5.74) is -3.60. The van der Waals surface area contributed by atoms with Crippen LogP contribution in [0.5, 0.6) is 5.75 Å². The number of aliphatic carboxylic acids is 1. The third kappa shape index (κ3) is 5.56. The van der Waals surface area contributed by atoms with Gasteiger partial charge in [-0.05, 0) is 24.6 Å². The first kappa shape index (κ1) is 27.6. The number of Topliss-reactive ketones (excluding diaryl/α,β-unsaturated/α-hetero) is 1. The van der Waals surface area contributed by atoms with Gasteiger partial charge in [-0.1, -0.05) is 18.5 Å². The maximum absolute atomic E-state index is 13.9. The van der Waals surface area contributed by atoms with Gasteiger partial charge in [-0.25, -0.2) is 18.6 Å². The summed E-state index contributed by atoms with van der Waals surface area (Å²) >= 11 is 5.93. The Morgan fingerprint density at radius 3 is 2.38 bits per heavy atom. The molecule has 0 aliphatic rings. The van der Waals surface area contributed by atoms with Crippen molar-refractivity contribution in [1.82, 2.24) is 14.9 Å². The minimum Gasteiger partial charge on any atom is -0.480 e. The first-order chi connectivity index (χ1) is 17.4. The van der Waals surface area contributed by atoms with Crippen molar-refractivity contribution in [1.29, 1.82) is 0 Å². The summed E-state index contributed by atoms with van der Waals surface area (Å²) in [6, 6.07) is 3.96. The lowest BCUT2D eigenvalue weighted by Crippen LogP contribution is -2.60. The number of carbonyl (C=O) groups excluding carboxylic acids is 2. The molecule has 0 aliphatic carbocycles. The molecule has 9 nitrogen and oxygen atoms in total. The normalized spacial score (nSPS) is 12.7. The van der Waals surface area contributed by atoms with Crippen LogP contribution >= 0.6 is 11.6 Å². The van der Waals surface area contributed by atoms with E-state index in [0.29, 0.717) is 4.57 Å². The predicted molar refractivity (Wildman–Crippen MR) is 121 cm³/mol. The van der Waals surface area contributed by atoms with Gasteiger partial charge < -0.3 is 15.2 Å². The number of ketones is 1. The minimum absolute atomic E-state index is 0.0660. The number of benzene rings is 2. The van der Waals surface area contributed by atoms with Crippen LogP contribution in [0.4, 0.5) is 17.6 Å². The van der Waals surface area contributed by atoms with Gasteiger partial charge in [0.15, 0.2) is 23.2 Å². The van der Waals surface area contributed by atoms with E-state index in [2.05, 4.69) is 15.0 Å². The van der Waals surface area contributed by atoms with Crippen molar-refractivity contribution in [2.45, 2.75) is 31.8 Å². The highest BCUT2D eigenvalue weighted by Crippen LogP contribution is 2.27. The van der Waals surface area contributed by atoms with Crippen LogP contribution < -0.4 is 15.6 Å². The second kappa shape index (κ2) is 10.9. The van der Waals surface area contributed by atoms with Gasteiger partial charge in [-0.15, -0.1) is 0 Å². The number of fused-ring (bicyclic) bond motifs is 1. The molecule has 0 bridgehead atoms. The number of hydrogen-bond acceptors (Lipinski definition) is 6. The van der Waals surface area contributed by atoms with E-state index in [1.165, 1.54) is 18.2 Å². The molecule has 1 heterocycles. The summed E-state index contributed by atoms with van der Waals surface area (Å²) < 4.78 is 59.7. The monoisotopic (exact) mass is 543 g/mol. The van der Waals surface area contributed by atoms with Gasteiger partial charge in [0.05, 0.1) is 17.3 Å². The highest BCUT2D eigenvalue weighted by Gasteiger charge is 2.45. The molecule has 0 aliphatic heterocycles. The maximum Gasteiger partial charge on any atom is 0.351 e. The zero-order valence-corrected chi connectivity index (χ0v) is 19.7. The molecule has 1 amide bonds. The van der Waals surface area contributed by atoms with Crippen molar-refractivity contribution in [3.05, 3.63) is 69.2 Å². The van der Waals surface area contributed by atoms with E-state index in [-0.39, 0.29) is 34.8 Å². The summed E-state index contributed by atoms with van der Waals surface area (Å²) in [4.78, 5) is 54.9. The Hall–Kier alpha value is -4.00. The Morgan fingerprint density at radius 2 is 1.78 bits per heavy atom. The number of carbonyl (C=O) groups is 3. The number of nitrogens with one attached hydrogen (secondary N) is 1. The highest BCUT2D eigenvalue weighted by molar-refractivity contribution is 6.31. The third-order valence-corrected chi connectivity index (χ3v) is 5.45. The van der Waals surface area contributed by atoms with Crippen LogP contribution in [0.1, 0.15) is 26.2 Å². The SMILES string of the molecule is CCCC(=O)NC(CC(=O)COc1c(F)c(F)cc(F)c1F)(C(=O)O)n1cnc2ccc(Cl)cc2c1=O. The van der Waals surface area contributed by atoms with Gasteiger partial charge in [0, 0.05) is 17.5 Å². The Balaban J connectivity index is 2.05. The Kier molecular flexibility index (Phi) is 8.16. The molecule has 1 atom stereocenters. The molecule has 196 valence electrons. The van der Waals surface area contributed by atoms with Crippen molar-refractivity contribution in [3.8, 4) is 5.75 Å². The van der Waals surface area contributed by atoms with E-state index in [0.717, 1.165) is 6.33 Å². The number of ether oxygens (including phenoxy) is 1. The predicted octanol–water partition coefficient (Wildman–Crippen LogP) is 3.30. The van der Waals surface area contributed by atoms with E-state index in [4.69, 9.17) is 11.6 Å². The number of carboxylic acids is 1. The van der Waals surface area contributed by atoms with E-state index in [9.17, 15) is 41.8 Å². The molecule has 0 saturated heterocycles. The fraction of sp³-hybridized carbons (Fsp3) is 0.261. The first-order valence-corrected chi connectivity index (χ1v) is 11.0. The van der Waals surface area contributed by atoms with Gasteiger partial charge in [0.2, 0.25) is 23.2 Å². The van der Waals surface area contributed by atoms with Crippen LogP contribution in [0.25, 0.3) is 10.9 Å². The molecule has 2 aromatic carbocycles. The van der Waals surface area contributed by atoms with Gasteiger partial charge in [0.1, 0.15) is 12.9 Å². The Labute approximate surface area is 210 Å². The van der Waals surface area contributed by atoms with E-state index < -0.39 is 70.9 Å². The molecule has 1 aromatic heterocycles. The Bertz CT molecular complexity index is 1440. The number of hydrogen-bond donors (Lipinski definition) is 2. The largest absolute Gasteiger partial charge is 0.480 e. The van der Waals surface area contributed by atoms with Crippen molar-refractivity contribution in [3.63, 3.8) is 0 Å². The number of rotatable bonds is 10. The molecule has 14 heteroatoms. The second-order valence-electron chi connectivity index (χ2n) is 7.85. The summed E-state index contributed by atoms with van der Waals surface area (Å²) in [6.07, 6.45) is -0.274. The Morgan fingerprint density at radius 1 is 1.14 bits per heavy atom. The number of amides is 1. The lowest BCUT2D eigenvalue weighted by Gasteiger charge is -2.31. The molecule has 0 spiro atoms. The molecule has 2 N–H and O–H groups in total. The van der Waals surface area contributed by atoms with Gasteiger partial charge in [-0.3, -0.25) is 19.0 Å². The summed E-state index contributed by atoms with van der Waals surface area (Å²) in [7, 11) is 0. The van der Waals surface area contributed by atoms with Crippen molar-refractivity contribution < 1.29 is 41.8 Å². The minimum atomic E-state index is -2.75. The molecule has 37 heavy (non-hydrogen) atoms. The van der Waals surface area contributed by atoms with E-state index in [1.54, 1.807) is 6.92 Å². The average Bonchev–Trinajstić information content (AvgIpc) is 2.83. The van der Waals surface area contributed by atoms with E-state index in [1.807, 2.05) is 0 Å². The van der Waals surface area contributed by atoms with Gasteiger partial charge in [-0.2, -0.15) is 8.78 Å². The molecule has 0 saturated carbocycles. The van der Waals surface area contributed by atoms with Crippen LogP contribution in [-0.2, 0) is 20.0 Å². The zero-order chi connectivity index (χ0) is 27.5. The molecular weight excluding hydrogens is 526 g/mol. The van der Waals surface area contributed by atoms with Crippen LogP contribution in [0.2, 0.25) is 5.02 Å². The zero-order valence-electron chi connectivity index (χ0n) is 19.0. The lowest BCUT2D eigenvalue weighted by molar-refractivity contribution is -0.155. The fourth-order valence-electron chi connectivity index (χ4n) is 3.48. The molecule has 0 radical (unpaired) electrons. The van der Waals surface area contributed by atoms with Gasteiger partial charge >= 0.3 is 5.97 Å².